The van der Waals surface area contributed by atoms with E-state index in [1.807, 2.05) is 0 Å². The Bertz CT molecular complexity index is 137. The second-order valence-corrected chi connectivity index (χ2v) is 2.30. The molecule has 1 aliphatic rings. The minimum atomic E-state index is -4.42. The van der Waals surface area contributed by atoms with E-state index >= 15 is 0 Å². The predicted octanol–water partition coefficient (Wildman–Crippen LogP) is 1.70. The summed E-state index contributed by atoms with van der Waals surface area (Å²) in [7, 11) is 0. The zero-order valence-corrected chi connectivity index (χ0v) is 6.07. The van der Waals surface area contributed by atoms with Crippen molar-refractivity contribution >= 4 is 0 Å². The molecule has 0 N–H and O–H groups in total. The zero-order valence-electron chi connectivity index (χ0n) is 6.07. The zero-order chi connectivity index (χ0) is 8.54. The molecule has 0 aromatic heterocycles. The van der Waals surface area contributed by atoms with Gasteiger partial charge in [0.1, 0.15) is 0 Å². The number of alkyl halides is 3. The largest absolute Gasteiger partial charge is 0.443 e. The summed E-state index contributed by atoms with van der Waals surface area (Å²) in [4.78, 5) is 0. The van der Waals surface area contributed by atoms with E-state index in [0.29, 0.717) is 0 Å². The lowest BCUT2D eigenvalue weighted by atomic mass is 10.2. The van der Waals surface area contributed by atoms with Crippen molar-refractivity contribution in [2.45, 2.75) is 25.3 Å². The maximum atomic E-state index is 12.2. The quantitative estimate of drug-likeness (QED) is 0.596. The van der Waals surface area contributed by atoms with E-state index in [1.165, 1.54) is 6.92 Å². The Kier molecular flexibility index (Phi) is 2.11. The van der Waals surface area contributed by atoms with Gasteiger partial charge in [-0.1, -0.05) is 6.92 Å². The minimum absolute atomic E-state index is 0.0212. The Balaban J connectivity index is 2.75. The number of hydrogen-bond acceptors (Lipinski definition) is 2. The van der Waals surface area contributed by atoms with Crippen LogP contribution in [0.25, 0.3) is 0 Å². The Labute approximate surface area is 62.3 Å². The Morgan fingerprint density at radius 2 is 1.73 bits per heavy atom. The van der Waals surface area contributed by atoms with Crippen LogP contribution in [0.15, 0.2) is 0 Å². The summed E-state index contributed by atoms with van der Waals surface area (Å²) in [5.41, 5.74) is 0. The average molecular weight is 170 g/mol. The summed E-state index contributed by atoms with van der Waals surface area (Å²) in [6, 6.07) is 0. The molecule has 0 unspecified atom stereocenters. The Hall–Kier alpha value is -0.290. The molecule has 11 heavy (non-hydrogen) atoms. The van der Waals surface area contributed by atoms with Crippen LogP contribution in [0.2, 0.25) is 0 Å². The van der Waals surface area contributed by atoms with E-state index in [4.69, 9.17) is 0 Å². The van der Waals surface area contributed by atoms with Crippen LogP contribution in [0.1, 0.15) is 13.3 Å². The van der Waals surface area contributed by atoms with Crippen molar-refractivity contribution in [1.29, 1.82) is 0 Å². The van der Waals surface area contributed by atoms with Gasteiger partial charge in [0.05, 0.1) is 13.2 Å². The first-order valence-corrected chi connectivity index (χ1v) is 3.36. The van der Waals surface area contributed by atoms with Crippen molar-refractivity contribution in [3.8, 4) is 0 Å². The lowest BCUT2D eigenvalue weighted by Gasteiger charge is -2.27. The first kappa shape index (κ1) is 8.80. The molecule has 2 nitrogen and oxygen atoms in total. The molecule has 5 heteroatoms. The third kappa shape index (κ3) is 1.35. The minimum Gasteiger partial charge on any atom is -0.340 e. The molecule has 0 aromatic rings. The molecule has 1 fully saturated rings. The molecule has 0 aromatic carbocycles. The molecule has 1 saturated heterocycles. The van der Waals surface area contributed by atoms with Crippen molar-refractivity contribution in [3.05, 3.63) is 0 Å². The van der Waals surface area contributed by atoms with Gasteiger partial charge in [0.2, 0.25) is 0 Å². The van der Waals surface area contributed by atoms with E-state index in [0.717, 1.165) is 0 Å². The van der Waals surface area contributed by atoms with Gasteiger partial charge < -0.3 is 9.47 Å². The maximum Gasteiger partial charge on any atom is 0.443 e. The molecule has 0 spiro atoms. The van der Waals surface area contributed by atoms with E-state index in [-0.39, 0.29) is 19.6 Å². The summed E-state index contributed by atoms with van der Waals surface area (Å²) in [6.07, 6.45) is -4.62. The number of rotatable bonds is 1. The summed E-state index contributed by atoms with van der Waals surface area (Å²) < 4.78 is 45.5. The van der Waals surface area contributed by atoms with Crippen LogP contribution in [0.5, 0.6) is 0 Å². The van der Waals surface area contributed by atoms with Crippen LogP contribution in [-0.4, -0.2) is 25.2 Å². The monoisotopic (exact) mass is 170 g/mol. The SMILES string of the molecule is CCC1(C(F)(F)F)OCCO1. The molecule has 0 radical (unpaired) electrons. The van der Waals surface area contributed by atoms with Gasteiger partial charge in [-0.3, -0.25) is 0 Å². The van der Waals surface area contributed by atoms with Gasteiger partial charge >= 0.3 is 6.18 Å². The lowest BCUT2D eigenvalue weighted by Crippen LogP contribution is -2.45. The molecule has 0 bridgehead atoms. The summed E-state index contributed by atoms with van der Waals surface area (Å²) in [5, 5.41) is 0. The van der Waals surface area contributed by atoms with Crippen LogP contribution < -0.4 is 0 Å². The second kappa shape index (κ2) is 2.64. The van der Waals surface area contributed by atoms with E-state index in [2.05, 4.69) is 9.47 Å². The highest BCUT2D eigenvalue weighted by Crippen LogP contribution is 2.39. The third-order valence-corrected chi connectivity index (χ3v) is 1.65. The number of hydrogen-bond donors (Lipinski definition) is 0. The molecule has 1 rings (SSSR count). The molecule has 1 heterocycles. The Morgan fingerprint density at radius 3 is 1.91 bits per heavy atom. The van der Waals surface area contributed by atoms with Gasteiger partial charge in [0, 0.05) is 6.42 Å². The van der Waals surface area contributed by atoms with Gasteiger partial charge in [-0.15, -0.1) is 0 Å². The highest BCUT2D eigenvalue weighted by atomic mass is 19.4. The molecule has 0 atom stereocenters. The fraction of sp³-hybridized carbons (Fsp3) is 1.00. The standard InChI is InChI=1S/C6H9F3O2/c1-2-5(6(7,8)9)10-3-4-11-5/h2-4H2,1H3. The lowest BCUT2D eigenvalue weighted by molar-refractivity contribution is -0.344. The van der Waals surface area contributed by atoms with Crippen LogP contribution in [0, 0.1) is 0 Å². The third-order valence-electron chi connectivity index (χ3n) is 1.65. The predicted molar refractivity (Wildman–Crippen MR) is 31.0 cm³/mol. The smallest absolute Gasteiger partial charge is 0.340 e. The summed E-state index contributed by atoms with van der Waals surface area (Å²) >= 11 is 0. The van der Waals surface area contributed by atoms with Crippen molar-refractivity contribution in [1.82, 2.24) is 0 Å². The molecule has 1 aliphatic heterocycles. The summed E-state index contributed by atoms with van der Waals surface area (Å²) in [5.74, 6) is -2.33. The number of halogens is 3. The normalized spacial score (nSPS) is 24.0. The van der Waals surface area contributed by atoms with Crippen molar-refractivity contribution in [2.75, 3.05) is 13.2 Å². The van der Waals surface area contributed by atoms with Gasteiger partial charge in [-0.25, -0.2) is 0 Å². The van der Waals surface area contributed by atoms with Crippen molar-refractivity contribution < 1.29 is 22.6 Å². The van der Waals surface area contributed by atoms with Crippen LogP contribution in [0.4, 0.5) is 13.2 Å². The van der Waals surface area contributed by atoms with Gasteiger partial charge in [0.15, 0.2) is 0 Å². The molecular weight excluding hydrogens is 161 g/mol. The van der Waals surface area contributed by atoms with E-state index in [1.54, 1.807) is 0 Å². The van der Waals surface area contributed by atoms with Gasteiger partial charge in [0.25, 0.3) is 5.79 Å². The fourth-order valence-electron chi connectivity index (χ4n) is 1.02. The maximum absolute atomic E-state index is 12.2. The Morgan fingerprint density at radius 1 is 1.27 bits per heavy atom. The fourth-order valence-corrected chi connectivity index (χ4v) is 1.02. The number of ether oxygens (including phenoxy) is 2. The van der Waals surface area contributed by atoms with Crippen molar-refractivity contribution in [2.24, 2.45) is 0 Å². The highest BCUT2D eigenvalue weighted by Gasteiger charge is 2.58. The topological polar surface area (TPSA) is 18.5 Å². The average Bonchev–Trinajstić information content (AvgIpc) is 2.33. The van der Waals surface area contributed by atoms with E-state index in [9.17, 15) is 13.2 Å². The summed E-state index contributed by atoms with van der Waals surface area (Å²) in [6.45, 7) is 1.43. The van der Waals surface area contributed by atoms with E-state index < -0.39 is 12.0 Å². The first-order valence-electron chi connectivity index (χ1n) is 3.36. The molecule has 0 saturated carbocycles. The highest BCUT2D eigenvalue weighted by molar-refractivity contribution is 4.80. The van der Waals surface area contributed by atoms with Crippen LogP contribution in [-0.2, 0) is 9.47 Å². The molecule has 0 aliphatic carbocycles. The molecular formula is C6H9F3O2. The van der Waals surface area contributed by atoms with Crippen LogP contribution in [0.3, 0.4) is 0 Å². The van der Waals surface area contributed by atoms with Gasteiger partial charge in [-0.2, -0.15) is 13.2 Å². The molecule has 0 amide bonds. The second-order valence-electron chi connectivity index (χ2n) is 2.30. The van der Waals surface area contributed by atoms with Gasteiger partial charge in [-0.05, 0) is 0 Å². The van der Waals surface area contributed by atoms with Crippen LogP contribution >= 0.6 is 0 Å². The van der Waals surface area contributed by atoms with Crippen molar-refractivity contribution in [3.63, 3.8) is 0 Å². The first-order chi connectivity index (χ1) is 5.02. The molecule has 66 valence electrons.